The first-order chi connectivity index (χ1) is 12.9. The number of carbonyl (C=O) groups is 2. The van der Waals surface area contributed by atoms with Crippen LogP contribution in [0.25, 0.3) is 11.0 Å². The zero-order valence-electron chi connectivity index (χ0n) is 14.3. The number of rotatable bonds is 5. The van der Waals surface area contributed by atoms with Gasteiger partial charge in [0, 0.05) is 12.1 Å². The van der Waals surface area contributed by atoms with Gasteiger partial charge in [-0.25, -0.2) is 4.79 Å². The van der Waals surface area contributed by atoms with Gasteiger partial charge in [0.15, 0.2) is 0 Å². The molecule has 0 radical (unpaired) electrons. The molecule has 0 saturated carbocycles. The third-order valence-corrected chi connectivity index (χ3v) is 4.57. The highest BCUT2D eigenvalue weighted by molar-refractivity contribution is 6.35. The van der Waals surface area contributed by atoms with Crippen molar-refractivity contribution in [2.75, 3.05) is 11.9 Å². The van der Waals surface area contributed by atoms with Crippen molar-refractivity contribution in [2.45, 2.75) is 6.54 Å². The van der Waals surface area contributed by atoms with Crippen LogP contribution in [-0.4, -0.2) is 27.5 Å². The number of hydrogen-bond donors (Lipinski definition) is 2. The maximum Gasteiger partial charge on any atom is 0.329 e. The van der Waals surface area contributed by atoms with Crippen LogP contribution in [-0.2, 0) is 23.2 Å². The number of benzene rings is 2. The molecule has 0 aliphatic carbocycles. The van der Waals surface area contributed by atoms with Gasteiger partial charge in [0.2, 0.25) is 11.8 Å². The molecule has 140 valence electrons. The van der Waals surface area contributed by atoms with Crippen molar-refractivity contribution in [3.8, 4) is 0 Å². The molecule has 3 rings (SSSR count). The monoisotopic (exact) mass is 406 g/mol. The highest BCUT2D eigenvalue weighted by atomic mass is 35.5. The molecule has 0 bridgehead atoms. The fraction of sp³-hybridized carbons (Fsp3) is 0.167. The number of anilines is 1. The molecular formula is C18H16Cl2N4O3. The van der Waals surface area contributed by atoms with E-state index < -0.39 is 11.8 Å². The molecule has 7 nitrogen and oxygen atoms in total. The summed E-state index contributed by atoms with van der Waals surface area (Å²) in [4.78, 5) is 36.5. The van der Waals surface area contributed by atoms with E-state index in [1.165, 1.54) is 15.2 Å². The van der Waals surface area contributed by atoms with E-state index in [1.807, 2.05) is 6.07 Å². The number of fused-ring (bicyclic) bond motifs is 1. The van der Waals surface area contributed by atoms with Gasteiger partial charge in [0.25, 0.3) is 0 Å². The molecule has 2 aromatic carbocycles. The van der Waals surface area contributed by atoms with Crippen molar-refractivity contribution in [3.05, 3.63) is 63.0 Å². The lowest BCUT2D eigenvalue weighted by Gasteiger charge is -2.09. The zero-order chi connectivity index (χ0) is 19.6. The molecule has 3 aromatic rings. The number of halogens is 2. The zero-order valence-corrected chi connectivity index (χ0v) is 15.8. The summed E-state index contributed by atoms with van der Waals surface area (Å²) in [5.74, 6) is -0.918. The molecule has 0 saturated heterocycles. The minimum absolute atomic E-state index is 0.189. The van der Waals surface area contributed by atoms with Crippen LogP contribution in [0.1, 0.15) is 0 Å². The topological polar surface area (TPSA) is 85.1 Å². The van der Waals surface area contributed by atoms with E-state index in [1.54, 1.807) is 37.4 Å². The van der Waals surface area contributed by atoms with Crippen LogP contribution in [0.3, 0.4) is 0 Å². The molecule has 0 spiro atoms. The second-order valence-corrected chi connectivity index (χ2v) is 6.71. The summed E-state index contributed by atoms with van der Waals surface area (Å²) in [6.07, 6.45) is 0. The highest BCUT2D eigenvalue weighted by Gasteiger charge is 2.14. The third-order valence-electron chi connectivity index (χ3n) is 4.00. The molecular weight excluding hydrogens is 391 g/mol. The molecule has 0 unspecified atom stereocenters. The van der Waals surface area contributed by atoms with Crippen molar-refractivity contribution in [2.24, 2.45) is 7.05 Å². The normalized spacial score (nSPS) is 10.8. The molecule has 9 heteroatoms. The first kappa shape index (κ1) is 19.0. The van der Waals surface area contributed by atoms with Crippen molar-refractivity contribution in [1.29, 1.82) is 0 Å². The number of imidazole rings is 1. The Morgan fingerprint density at radius 1 is 1.04 bits per heavy atom. The lowest BCUT2D eigenvalue weighted by Crippen LogP contribution is -2.37. The Morgan fingerprint density at radius 2 is 1.74 bits per heavy atom. The van der Waals surface area contributed by atoms with E-state index in [4.69, 9.17) is 23.2 Å². The highest BCUT2D eigenvalue weighted by Crippen LogP contribution is 2.25. The maximum atomic E-state index is 12.3. The van der Waals surface area contributed by atoms with Gasteiger partial charge in [-0.3, -0.25) is 18.7 Å². The van der Waals surface area contributed by atoms with E-state index in [2.05, 4.69) is 10.6 Å². The lowest BCUT2D eigenvalue weighted by atomic mass is 10.3. The van der Waals surface area contributed by atoms with Gasteiger partial charge in [0.05, 0.1) is 28.3 Å². The third kappa shape index (κ3) is 4.15. The fourth-order valence-electron chi connectivity index (χ4n) is 2.68. The number of para-hydroxylation sites is 2. The summed E-state index contributed by atoms with van der Waals surface area (Å²) >= 11 is 11.9. The van der Waals surface area contributed by atoms with Gasteiger partial charge in [-0.1, -0.05) is 35.3 Å². The largest absolute Gasteiger partial charge is 0.345 e. The summed E-state index contributed by atoms with van der Waals surface area (Å²) in [5.41, 5.74) is 1.43. The van der Waals surface area contributed by atoms with Gasteiger partial charge in [-0.2, -0.15) is 0 Å². The van der Waals surface area contributed by atoms with Gasteiger partial charge in [-0.05, 0) is 30.3 Å². The molecule has 1 aromatic heterocycles. The molecule has 0 atom stereocenters. The van der Waals surface area contributed by atoms with Crippen molar-refractivity contribution in [3.63, 3.8) is 0 Å². The minimum atomic E-state index is -0.460. The molecule has 0 aliphatic heterocycles. The molecule has 2 N–H and O–H groups in total. The molecule has 2 amide bonds. The van der Waals surface area contributed by atoms with Crippen LogP contribution in [0.4, 0.5) is 5.69 Å². The van der Waals surface area contributed by atoms with Crippen molar-refractivity contribution in [1.82, 2.24) is 14.5 Å². The minimum Gasteiger partial charge on any atom is -0.345 e. The van der Waals surface area contributed by atoms with Gasteiger partial charge < -0.3 is 10.6 Å². The standard InChI is InChI=1S/C18H16Cl2N4O3/c1-23-14-4-2-3-5-15(14)24(18(23)27)10-17(26)21-9-16(25)22-13-8-11(19)6-7-12(13)20/h2-8H,9-10H2,1H3,(H,21,26)(H,22,25). The number of amides is 2. The smallest absolute Gasteiger partial charge is 0.329 e. The maximum absolute atomic E-state index is 12.3. The number of nitrogens with one attached hydrogen (secondary N) is 2. The average molecular weight is 407 g/mol. The predicted octanol–water partition coefficient (Wildman–Crippen LogP) is 2.40. The first-order valence-electron chi connectivity index (χ1n) is 8.02. The lowest BCUT2D eigenvalue weighted by molar-refractivity contribution is -0.124. The number of nitrogens with zero attached hydrogens (tertiary/aromatic N) is 2. The Labute approximate surface area is 164 Å². The first-order valence-corrected chi connectivity index (χ1v) is 8.78. The molecule has 0 fully saturated rings. The van der Waals surface area contributed by atoms with Crippen LogP contribution in [0.15, 0.2) is 47.3 Å². The summed E-state index contributed by atoms with van der Waals surface area (Å²) in [7, 11) is 1.64. The Hall–Kier alpha value is -2.77. The summed E-state index contributed by atoms with van der Waals surface area (Å²) in [5, 5.41) is 5.82. The van der Waals surface area contributed by atoms with Crippen LogP contribution in [0.2, 0.25) is 10.0 Å². The second-order valence-electron chi connectivity index (χ2n) is 5.87. The Balaban J connectivity index is 1.64. The Kier molecular flexibility index (Phi) is 5.53. The number of carbonyl (C=O) groups excluding carboxylic acids is 2. The van der Waals surface area contributed by atoms with Crippen LogP contribution in [0.5, 0.6) is 0 Å². The predicted molar refractivity (Wildman–Crippen MR) is 105 cm³/mol. The SMILES string of the molecule is Cn1c(=O)n(CC(=O)NCC(=O)Nc2cc(Cl)ccc2Cl)c2ccccc21. The van der Waals surface area contributed by atoms with Crippen LogP contribution in [0, 0.1) is 0 Å². The van der Waals surface area contributed by atoms with E-state index in [0.29, 0.717) is 21.2 Å². The Bertz CT molecular complexity index is 1090. The number of aromatic nitrogens is 2. The van der Waals surface area contributed by atoms with E-state index >= 15 is 0 Å². The van der Waals surface area contributed by atoms with Crippen molar-refractivity contribution >= 4 is 51.7 Å². The summed E-state index contributed by atoms with van der Waals surface area (Å²) in [6.45, 7) is -0.452. The summed E-state index contributed by atoms with van der Waals surface area (Å²) in [6, 6.07) is 11.8. The fourth-order valence-corrected chi connectivity index (χ4v) is 3.02. The van der Waals surface area contributed by atoms with Gasteiger partial charge in [-0.15, -0.1) is 0 Å². The second kappa shape index (κ2) is 7.85. The van der Waals surface area contributed by atoms with Gasteiger partial charge >= 0.3 is 5.69 Å². The van der Waals surface area contributed by atoms with E-state index in [-0.39, 0.29) is 18.8 Å². The van der Waals surface area contributed by atoms with E-state index in [9.17, 15) is 14.4 Å². The Morgan fingerprint density at radius 3 is 2.48 bits per heavy atom. The number of aryl methyl sites for hydroxylation is 1. The van der Waals surface area contributed by atoms with Crippen molar-refractivity contribution < 1.29 is 9.59 Å². The molecule has 27 heavy (non-hydrogen) atoms. The molecule has 0 aliphatic rings. The quantitative estimate of drug-likeness (QED) is 0.681. The average Bonchev–Trinajstić information content (AvgIpc) is 2.88. The van der Waals surface area contributed by atoms with Gasteiger partial charge in [0.1, 0.15) is 6.54 Å². The van der Waals surface area contributed by atoms with E-state index in [0.717, 1.165) is 5.52 Å². The van der Waals surface area contributed by atoms with Crippen LogP contribution < -0.4 is 16.3 Å². The number of hydrogen-bond acceptors (Lipinski definition) is 3. The summed E-state index contributed by atoms with van der Waals surface area (Å²) < 4.78 is 2.83. The molecule has 1 heterocycles. The van der Waals surface area contributed by atoms with Crippen LogP contribution >= 0.6 is 23.2 Å².